The fourth-order valence-electron chi connectivity index (χ4n) is 1.67. The molecule has 3 rings (SSSR count). The van der Waals surface area contributed by atoms with E-state index in [1.807, 2.05) is 29.5 Å². The molecule has 0 amide bonds. The molecular formula is C10H8N4. The maximum atomic E-state index is 4.35. The van der Waals surface area contributed by atoms with Crippen LogP contribution in [0, 0.1) is 6.92 Å². The van der Waals surface area contributed by atoms with E-state index in [9.17, 15) is 0 Å². The molecule has 68 valence electrons. The van der Waals surface area contributed by atoms with Crippen LogP contribution in [-0.2, 0) is 0 Å². The summed E-state index contributed by atoms with van der Waals surface area (Å²) in [6, 6.07) is 8.10. The lowest BCUT2D eigenvalue weighted by atomic mass is 10.2. The Labute approximate surface area is 80.2 Å². The SMILES string of the molecule is Cc1nc2nncn2c2ccccc12. The Morgan fingerprint density at radius 3 is 3.00 bits per heavy atom. The zero-order valence-electron chi connectivity index (χ0n) is 7.68. The fraction of sp³-hybridized carbons (Fsp3) is 0.100. The predicted molar refractivity (Wildman–Crippen MR) is 53.0 cm³/mol. The standard InChI is InChI=1S/C10H8N4/c1-7-8-4-2-3-5-9(8)14-6-11-13-10(14)12-7/h2-6H,1H3. The van der Waals surface area contributed by atoms with Gasteiger partial charge < -0.3 is 0 Å². The van der Waals surface area contributed by atoms with Gasteiger partial charge in [0.2, 0.25) is 0 Å². The summed E-state index contributed by atoms with van der Waals surface area (Å²) in [5.41, 5.74) is 2.08. The van der Waals surface area contributed by atoms with Crippen LogP contribution in [0.15, 0.2) is 30.6 Å². The molecule has 14 heavy (non-hydrogen) atoms. The summed E-state index contributed by atoms with van der Waals surface area (Å²) in [5.74, 6) is 0.654. The van der Waals surface area contributed by atoms with E-state index in [1.165, 1.54) is 0 Å². The largest absolute Gasteiger partial charge is 0.265 e. The van der Waals surface area contributed by atoms with Gasteiger partial charge in [0.15, 0.2) is 0 Å². The van der Waals surface area contributed by atoms with Gasteiger partial charge in [-0.05, 0) is 13.0 Å². The van der Waals surface area contributed by atoms with Gasteiger partial charge in [-0.1, -0.05) is 18.2 Å². The van der Waals surface area contributed by atoms with Crippen molar-refractivity contribution in [1.82, 2.24) is 19.6 Å². The summed E-state index contributed by atoms with van der Waals surface area (Å²) in [7, 11) is 0. The Bertz CT molecular complexity index is 612. The maximum Gasteiger partial charge on any atom is 0.255 e. The summed E-state index contributed by atoms with van der Waals surface area (Å²) in [5, 5.41) is 8.91. The smallest absolute Gasteiger partial charge is 0.255 e. The fourth-order valence-corrected chi connectivity index (χ4v) is 1.67. The van der Waals surface area contributed by atoms with E-state index < -0.39 is 0 Å². The van der Waals surface area contributed by atoms with Gasteiger partial charge in [-0.15, -0.1) is 10.2 Å². The second-order valence-corrected chi connectivity index (χ2v) is 3.22. The summed E-state index contributed by atoms with van der Waals surface area (Å²) in [6.07, 6.45) is 1.68. The van der Waals surface area contributed by atoms with Crippen LogP contribution in [0.4, 0.5) is 0 Å². The highest BCUT2D eigenvalue weighted by Crippen LogP contribution is 2.16. The van der Waals surface area contributed by atoms with Crippen LogP contribution in [0.2, 0.25) is 0 Å². The topological polar surface area (TPSA) is 43.1 Å². The summed E-state index contributed by atoms with van der Waals surface area (Å²) < 4.78 is 1.89. The molecule has 0 bridgehead atoms. The van der Waals surface area contributed by atoms with Crippen molar-refractivity contribution in [2.45, 2.75) is 6.92 Å². The minimum absolute atomic E-state index is 0.654. The van der Waals surface area contributed by atoms with Gasteiger partial charge in [0.05, 0.1) is 11.2 Å². The van der Waals surface area contributed by atoms with Crippen molar-refractivity contribution >= 4 is 16.7 Å². The molecule has 0 unspecified atom stereocenters. The average molecular weight is 184 g/mol. The third-order valence-corrected chi connectivity index (χ3v) is 2.35. The molecule has 3 aromatic rings. The first kappa shape index (κ1) is 7.44. The van der Waals surface area contributed by atoms with E-state index in [2.05, 4.69) is 21.2 Å². The Morgan fingerprint density at radius 1 is 1.21 bits per heavy atom. The molecule has 0 saturated heterocycles. The van der Waals surface area contributed by atoms with Crippen molar-refractivity contribution < 1.29 is 0 Å². The Balaban J connectivity index is 2.67. The first-order valence-corrected chi connectivity index (χ1v) is 4.41. The molecular weight excluding hydrogens is 176 g/mol. The van der Waals surface area contributed by atoms with Crippen molar-refractivity contribution in [2.24, 2.45) is 0 Å². The van der Waals surface area contributed by atoms with Crippen LogP contribution in [0.1, 0.15) is 5.69 Å². The summed E-state index contributed by atoms with van der Waals surface area (Å²) in [6.45, 7) is 1.98. The summed E-state index contributed by atoms with van der Waals surface area (Å²) in [4.78, 5) is 4.35. The Kier molecular flexibility index (Phi) is 1.33. The predicted octanol–water partition coefficient (Wildman–Crippen LogP) is 1.59. The van der Waals surface area contributed by atoms with E-state index in [1.54, 1.807) is 6.33 Å². The molecule has 0 N–H and O–H groups in total. The number of hydrogen-bond donors (Lipinski definition) is 0. The lowest BCUT2D eigenvalue weighted by molar-refractivity contribution is 1.09. The lowest BCUT2D eigenvalue weighted by Crippen LogP contribution is -1.93. The minimum Gasteiger partial charge on any atom is -0.265 e. The third kappa shape index (κ3) is 0.849. The van der Waals surface area contributed by atoms with Gasteiger partial charge in [-0.25, -0.2) is 4.98 Å². The molecule has 4 heteroatoms. The second kappa shape index (κ2) is 2.51. The number of aryl methyl sites for hydroxylation is 1. The Morgan fingerprint density at radius 2 is 2.07 bits per heavy atom. The van der Waals surface area contributed by atoms with E-state index >= 15 is 0 Å². The summed E-state index contributed by atoms with van der Waals surface area (Å²) >= 11 is 0. The zero-order chi connectivity index (χ0) is 9.54. The van der Waals surface area contributed by atoms with Gasteiger partial charge in [0.25, 0.3) is 5.78 Å². The highest BCUT2D eigenvalue weighted by atomic mass is 15.3. The van der Waals surface area contributed by atoms with Crippen LogP contribution in [0.5, 0.6) is 0 Å². The number of nitrogens with zero attached hydrogens (tertiary/aromatic N) is 4. The molecule has 0 aliphatic heterocycles. The molecule has 0 fully saturated rings. The van der Waals surface area contributed by atoms with E-state index in [0.29, 0.717) is 5.78 Å². The van der Waals surface area contributed by atoms with Gasteiger partial charge in [0, 0.05) is 5.39 Å². The molecule has 2 aromatic heterocycles. The van der Waals surface area contributed by atoms with Gasteiger partial charge in [-0.2, -0.15) is 0 Å². The number of fused-ring (bicyclic) bond motifs is 3. The maximum absolute atomic E-state index is 4.35. The van der Waals surface area contributed by atoms with Gasteiger partial charge in [-0.3, -0.25) is 4.40 Å². The number of aromatic nitrogens is 4. The minimum atomic E-state index is 0.654. The molecule has 0 radical (unpaired) electrons. The number of hydrogen-bond acceptors (Lipinski definition) is 3. The normalized spacial score (nSPS) is 11.2. The molecule has 0 atom stereocenters. The average Bonchev–Trinajstić information content (AvgIpc) is 2.66. The van der Waals surface area contributed by atoms with E-state index in [4.69, 9.17) is 0 Å². The van der Waals surface area contributed by atoms with Crippen molar-refractivity contribution in [1.29, 1.82) is 0 Å². The van der Waals surface area contributed by atoms with Crippen LogP contribution in [0.3, 0.4) is 0 Å². The van der Waals surface area contributed by atoms with Crippen molar-refractivity contribution in [2.75, 3.05) is 0 Å². The number of rotatable bonds is 0. The quantitative estimate of drug-likeness (QED) is 0.532. The lowest BCUT2D eigenvalue weighted by Gasteiger charge is -2.02. The van der Waals surface area contributed by atoms with Crippen molar-refractivity contribution in [3.05, 3.63) is 36.3 Å². The first-order valence-electron chi connectivity index (χ1n) is 4.41. The van der Waals surface area contributed by atoms with Gasteiger partial charge >= 0.3 is 0 Å². The molecule has 0 saturated carbocycles. The van der Waals surface area contributed by atoms with Crippen LogP contribution in [-0.4, -0.2) is 19.6 Å². The van der Waals surface area contributed by atoms with Crippen LogP contribution >= 0.6 is 0 Å². The molecule has 4 nitrogen and oxygen atoms in total. The molecule has 2 heterocycles. The first-order chi connectivity index (χ1) is 6.86. The van der Waals surface area contributed by atoms with E-state index in [-0.39, 0.29) is 0 Å². The molecule has 0 aliphatic carbocycles. The van der Waals surface area contributed by atoms with Crippen LogP contribution in [0.25, 0.3) is 16.7 Å². The zero-order valence-corrected chi connectivity index (χ0v) is 7.68. The monoisotopic (exact) mass is 184 g/mol. The third-order valence-electron chi connectivity index (χ3n) is 2.35. The van der Waals surface area contributed by atoms with Crippen molar-refractivity contribution in [3.8, 4) is 0 Å². The number of benzene rings is 1. The highest BCUT2D eigenvalue weighted by Gasteiger charge is 2.04. The molecule has 0 spiro atoms. The highest BCUT2D eigenvalue weighted by molar-refractivity contribution is 5.82. The molecule has 1 aromatic carbocycles. The second-order valence-electron chi connectivity index (χ2n) is 3.22. The Hall–Kier alpha value is -1.97. The molecule has 0 aliphatic rings. The van der Waals surface area contributed by atoms with Crippen molar-refractivity contribution in [3.63, 3.8) is 0 Å². The van der Waals surface area contributed by atoms with E-state index in [0.717, 1.165) is 16.6 Å². The van der Waals surface area contributed by atoms with Crippen LogP contribution < -0.4 is 0 Å². The van der Waals surface area contributed by atoms with Gasteiger partial charge in [0.1, 0.15) is 6.33 Å². The number of para-hydroxylation sites is 1.